The van der Waals surface area contributed by atoms with Gasteiger partial charge in [0.2, 0.25) is 5.78 Å². The van der Waals surface area contributed by atoms with E-state index in [9.17, 15) is 4.79 Å². The Bertz CT molecular complexity index is 749. The number of ketones is 1. The zero-order chi connectivity index (χ0) is 12.7. The van der Waals surface area contributed by atoms with E-state index in [1.54, 1.807) is 24.5 Å². The normalized spacial score (nSPS) is 11.0. The summed E-state index contributed by atoms with van der Waals surface area (Å²) in [6.07, 6.45) is 3.37. The number of carbonyl (C=O) groups is 1. The zero-order valence-electron chi connectivity index (χ0n) is 8.91. The number of aromatic nitrogens is 2. The smallest absolute Gasteiger partial charge is 0.205 e. The minimum Gasteiger partial charge on any atom is -0.345 e. The van der Waals surface area contributed by atoms with Crippen LogP contribution in [0.5, 0.6) is 0 Å². The summed E-state index contributed by atoms with van der Waals surface area (Å²) in [5, 5.41) is 0.805. The van der Waals surface area contributed by atoms with Gasteiger partial charge in [-0.15, -0.1) is 11.3 Å². The highest BCUT2D eigenvalue weighted by atomic mass is 79.9. The second-order valence-electron chi connectivity index (χ2n) is 3.68. The summed E-state index contributed by atoms with van der Waals surface area (Å²) >= 11 is 10.5. The molecule has 3 rings (SSSR count). The highest BCUT2D eigenvalue weighted by molar-refractivity contribution is 9.10. The number of nitrogens with one attached hydrogen (secondary N) is 1. The maximum absolute atomic E-state index is 12.3. The summed E-state index contributed by atoms with van der Waals surface area (Å²) in [4.78, 5) is 20.2. The van der Waals surface area contributed by atoms with Gasteiger partial charge in [0.05, 0.1) is 14.8 Å². The molecule has 0 atom stereocenters. The lowest BCUT2D eigenvalue weighted by atomic mass is 10.1. The Labute approximate surface area is 120 Å². The molecule has 0 radical (unpaired) electrons. The molecule has 0 aliphatic carbocycles. The first-order valence-electron chi connectivity index (χ1n) is 5.08. The topological polar surface area (TPSA) is 45.8 Å². The Morgan fingerprint density at radius 1 is 1.44 bits per heavy atom. The number of carbonyl (C=O) groups excluding carboxylic acids is 1. The van der Waals surface area contributed by atoms with Crippen molar-refractivity contribution in [3.05, 3.63) is 49.8 Å². The zero-order valence-corrected chi connectivity index (χ0v) is 12.1. The molecule has 3 aromatic rings. The third-order valence-electron chi connectivity index (χ3n) is 2.54. The molecule has 0 amide bonds. The number of thiophene rings is 1. The van der Waals surface area contributed by atoms with Crippen LogP contribution in [0.15, 0.2) is 35.1 Å². The van der Waals surface area contributed by atoms with Crippen LogP contribution in [0.2, 0.25) is 4.34 Å². The van der Waals surface area contributed by atoms with E-state index in [2.05, 4.69) is 25.9 Å². The van der Waals surface area contributed by atoms with Gasteiger partial charge in [0, 0.05) is 22.3 Å². The lowest BCUT2D eigenvalue weighted by molar-refractivity contribution is 0.104. The van der Waals surface area contributed by atoms with E-state index in [0.29, 0.717) is 20.4 Å². The molecule has 3 nitrogen and oxygen atoms in total. The number of hydrogen-bond acceptors (Lipinski definition) is 3. The van der Waals surface area contributed by atoms with Crippen LogP contribution >= 0.6 is 38.9 Å². The number of pyridine rings is 1. The summed E-state index contributed by atoms with van der Waals surface area (Å²) in [6.45, 7) is 0. The summed E-state index contributed by atoms with van der Waals surface area (Å²) in [6, 6.07) is 5.34. The predicted molar refractivity (Wildman–Crippen MR) is 76.6 cm³/mol. The first-order valence-corrected chi connectivity index (χ1v) is 7.06. The van der Waals surface area contributed by atoms with Crippen LogP contribution in [-0.4, -0.2) is 15.8 Å². The highest BCUT2D eigenvalue weighted by Gasteiger charge is 2.16. The Balaban J connectivity index is 2.14. The maximum Gasteiger partial charge on any atom is 0.205 e. The van der Waals surface area contributed by atoms with Crippen LogP contribution in [0, 0.1) is 0 Å². The first-order chi connectivity index (χ1) is 8.65. The molecule has 0 spiro atoms. The monoisotopic (exact) mass is 340 g/mol. The average Bonchev–Trinajstić information content (AvgIpc) is 2.94. The standard InChI is InChI=1S/C12H6BrClN2OS/c13-6-3-7-8(5-16-12(7)15-4-6)11(17)9-1-2-10(14)18-9/h1-5H,(H,15,16). The lowest BCUT2D eigenvalue weighted by Crippen LogP contribution is -1.96. The second-order valence-corrected chi connectivity index (χ2v) is 6.32. The largest absolute Gasteiger partial charge is 0.345 e. The van der Waals surface area contributed by atoms with Gasteiger partial charge >= 0.3 is 0 Å². The van der Waals surface area contributed by atoms with Gasteiger partial charge in [-0.3, -0.25) is 4.79 Å². The lowest BCUT2D eigenvalue weighted by Gasteiger charge is -1.96. The van der Waals surface area contributed by atoms with Crippen molar-refractivity contribution < 1.29 is 4.79 Å². The molecule has 3 aromatic heterocycles. The molecule has 0 saturated heterocycles. The van der Waals surface area contributed by atoms with Crippen molar-refractivity contribution in [1.29, 1.82) is 0 Å². The SMILES string of the molecule is O=C(c1ccc(Cl)s1)c1c[nH]c2ncc(Br)cc12. The molecule has 0 aliphatic heterocycles. The van der Waals surface area contributed by atoms with Crippen molar-refractivity contribution in [2.24, 2.45) is 0 Å². The van der Waals surface area contributed by atoms with Gasteiger partial charge in [0.15, 0.2) is 0 Å². The van der Waals surface area contributed by atoms with Gasteiger partial charge < -0.3 is 4.98 Å². The fourth-order valence-electron chi connectivity index (χ4n) is 1.73. The number of nitrogens with zero attached hydrogens (tertiary/aromatic N) is 1. The van der Waals surface area contributed by atoms with Crippen LogP contribution in [0.1, 0.15) is 15.2 Å². The molecule has 0 saturated carbocycles. The Kier molecular flexibility index (Phi) is 2.97. The number of aromatic amines is 1. The fourth-order valence-corrected chi connectivity index (χ4v) is 3.06. The van der Waals surface area contributed by atoms with Crippen LogP contribution in [0.4, 0.5) is 0 Å². The van der Waals surface area contributed by atoms with Crippen molar-refractivity contribution in [3.63, 3.8) is 0 Å². The van der Waals surface area contributed by atoms with E-state index >= 15 is 0 Å². The predicted octanol–water partition coefficient (Wildman–Crippen LogP) is 4.27. The molecule has 3 heterocycles. The van der Waals surface area contributed by atoms with Crippen LogP contribution < -0.4 is 0 Å². The van der Waals surface area contributed by atoms with E-state index in [-0.39, 0.29) is 5.78 Å². The third kappa shape index (κ3) is 1.98. The van der Waals surface area contributed by atoms with Crippen LogP contribution in [-0.2, 0) is 0 Å². The summed E-state index contributed by atoms with van der Waals surface area (Å²) in [7, 11) is 0. The number of rotatable bonds is 2. The maximum atomic E-state index is 12.3. The van der Waals surface area contributed by atoms with Gasteiger partial charge in [-0.1, -0.05) is 11.6 Å². The van der Waals surface area contributed by atoms with E-state index in [1.165, 1.54) is 11.3 Å². The number of fused-ring (bicyclic) bond motifs is 1. The molecule has 1 N–H and O–H groups in total. The molecule has 0 aromatic carbocycles. The van der Waals surface area contributed by atoms with Gasteiger partial charge in [0.25, 0.3) is 0 Å². The van der Waals surface area contributed by atoms with Crippen LogP contribution in [0.25, 0.3) is 11.0 Å². The fraction of sp³-hybridized carbons (Fsp3) is 0. The Morgan fingerprint density at radius 2 is 2.28 bits per heavy atom. The van der Waals surface area contributed by atoms with E-state index in [0.717, 1.165) is 9.86 Å². The second kappa shape index (κ2) is 4.50. The molecule has 0 unspecified atom stereocenters. The minimum absolute atomic E-state index is 0.0435. The Hall–Kier alpha value is -1.17. The molecule has 90 valence electrons. The first kappa shape index (κ1) is 11.9. The van der Waals surface area contributed by atoms with E-state index in [1.807, 2.05) is 6.07 Å². The summed E-state index contributed by atoms with van der Waals surface area (Å²) in [5.41, 5.74) is 1.31. The summed E-state index contributed by atoms with van der Waals surface area (Å²) < 4.78 is 1.45. The van der Waals surface area contributed by atoms with Crippen molar-refractivity contribution in [2.75, 3.05) is 0 Å². The molecule has 18 heavy (non-hydrogen) atoms. The Morgan fingerprint density at radius 3 is 3.00 bits per heavy atom. The van der Waals surface area contributed by atoms with Crippen molar-refractivity contribution in [2.45, 2.75) is 0 Å². The number of hydrogen-bond donors (Lipinski definition) is 1. The van der Waals surface area contributed by atoms with Gasteiger partial charge in [-0.25, -0.2) is 4.98 Å². The average molecular weight is 342 g/mol. The molecule has 0 fully saturated rings. The van der Waals surface area contributed by atoms with Crippen LogP contribution in [0.3, 0.4) is 0 Å². The van der Waals surface area contributed by atoms with Gasteiger partial charge in [0.1, 0.15) is 5.65 Å². The molecule has 0 aliphatic rings. The number of halogens is 2. The van der Waals surface area contributed by atoms with Gasteiger partial charge in [-0.05, 0) is 34.1 Å². The molecular formula is C12H6BrClN2OS. The van der Waals surface area contributed by atoms with Crippen molar-refractivity contribution in [1.82, 2.24) is 9.97 Å². The molecule has 6 heteroatoms. The van der Waals surface area contributed by atoms with E-state index in [4.69, 9.17) is 11.6 Å². The highest BCUT2D eigenvalue weighted by Crippen LogP contribution is 2.27. The van der Waals surface area contributed by atoms with Crippen molar-refractivity contribution >= 4 is 55.7 Å². The quantitative estimate of drug-likeness (QED) is 0.707. The molecule has 0 bridgehead atoms. The summed E-state index contributed by atoms with van der Waals surface area (Å²) in [5.74, 6) is -0.0435. The number of H-pyrrole nitrogens is 1. The van der Waals surface area contributed by atoms with Crippen molar-refractivity contribution in [3.8, 4) is 0 Å². The molecular weight excluding hydrogens is 336 g/mol. The van der Waals surface area contributed by atoms with E-state index < -0.39 is 0 Å². The van der Waals surface area contributed by atoms with Gasteiger partial charge in [-0.2, -0.15) is 0 Å². The minimum atomic E-state index is -0.0435. The third-order valence-corrected chi connectivity index (χ3v) is 4.20.